The van der Waals surface area contributed by atoms with Gasteiger partial charge in [-0.3, -0.25) is 0 Å². The molecule has 0 aliphatic heterocycles. The fourth-order valence-corrected chi connectivity index (χ4v) is 2.35. The number of nitrogens with zero attached hydrogens (tertiary/aromatic N) is 3. The van der Waals surface area contributed by atoms with Crippen molar-refractivity contribution < 1.29 is 0 Å². The molecule has 0 bridgehead atoms. The maximum Gasteiger partial charge on any atom is 0.153 e. The van der Waals surface area contributed by atoms with E-state index in [4.69, 9.17) is 5.73 Å². The topological polar surface area (TPSA) is 56.7 Å². The molecular weight excluding hydrogens is 292 g/mol. The van der Waals surface area contributed by atoms with Crippen LogP contribution < -0.4 is 5.73 Å². The van der Waals surface area contributed by atoms with Crippen LogP contribution in [0.4, 0.5) is 5.69 Å². The number of aryl methyl sites for hydroxylation is 1. The molecule has 0 atom stereocenters. The van der Waals surface area contributed by atoms with Crippen molar-refractivity contribution >= 4 is 32.5 Å². The van der Waals surface area contributed by atoms with E-state index in [1.807, 2.05) is 43.5 Å². The van der Waals surface area contributed by atoms with Gasteiger partial charge < -0.3 is 5.73 Å². The van der Waals surface area contributed by atoms with Gasteiger partial charge in [0.05, 0.1) is 5.52 Å². The van der Waals surface area contributed by atoms with E-state index in [1.165, 1.54) is 0 Å². The van der Waals surface area contributed by atoms with E-state index in [1.54, 1.807) is 4.68 Å². The molecule has 2 heterocycles. The van der Waals surface area contributed by atoms with Crippen LogP contribution in [0.5, 0.6) is 0 Å². The Labute approximate surface area is 113 Å². The zero-order valence-corrected chi connectivity index (χ0v) is 11.3. The first-order valence-corrected chi connectivity index (χ1v) is 6.31. The van der Waals surface area contributed by atoms with E-state index in [0.717, 1.165) is 26.9 Å². The first-order valence-electron chi connectivity index (χ1n) is 5.52. The predicted molar refractivity (Wildman–Crippen MR) is 75.7 cm³/mol. The number of fused-ring (bicyclic) bond motifs is 1. The van der Waals surface area contributed by atoms with Gasteiger partial charge in [0.25, 0.3) is 0 Å². The molecule has 0 spiro atoms. The van der Waals surface area contributed by atoms with Crippen molar-refractivity contribution in [2.75, 3.05) is 5.73 Å². The Morgan fingerprint density at radius 2 is 2.11 bits per heavy atom. The average molecular weight is 303 g/mol. The molecule has 0 aliphatic rings. The van der Waals surface area contributed by atoms with Crippen molar-refractivity contribution in [3.63, 3.8) is 0 Å². The number of rotatable bonds is 1. The maximum atomic E-state index is 5.97. The molecule has 0 saturated carbocycles. The van der Waals surface area contributed by atoms with Gasteiger partial charge in [0, 0.05) is 27.4 Å². The number of nitrogens with two attached hydrogens (primary N) is 1. The minimum absolute atomic E-state index is 0.707. The van der Waals surface area contributed by atoms with Crippen molar-refractivity contribution in [2.24, 2.45) is 0 Å². The van der Waals surface area contributed by atoms with E-state index in [-0.39, 0.29) is 0 Å². The van der Waals surface area contributed by atoms with Gasteiger partial charge in [-0.2, -0.15) is 5.10 Å². The molecule has 4 nitrogen and oxygen atoms in total. The van der Waals surface area contributed by atoms with Crippen LogP contribution in [0.3, 0.4) is 0 Å². The van der Waals surface area contributed by atoms with Gasteiger partial charge in [0.1, 0.15) is 0 Å². The minimum atomic E-state index is 0.707. The molecule has 0 fully saturated rings. The van der Waals surface area contributed by atoms with Gasteiger partial charge in [0.2, 0.25) is 0 Å². The van der Waals surface area contributed by atoms with E-state index in [9.17, 15) is 0 Å². The first-order chi connectivity index (χ1) is 8.63. The molecule has 5 heteroatoms. The number of hydrogen-bond acceptors (Lipinski definition) is 3. The lowest BCUT2D eigenvalue weighted by molar-refractivity contribution is 0.853. The number of anilines is 1. The van der Waals surface area contributed by atoms with E-state index in [2.05, 4.69) is 26.0 Å². The molecular formula is C13H11BrN4. The summed E-state index contributed by atoms with van der Waals surface area (Å²) in [7, 11) is 0. The zero-order chi connectivity index (χ0) is 12.7. The largest absolute Gasteiger partial charge is 0.398 e. The van der Waals surface area contributed by atoms with Gasteiger partial charge >= 0.3 is 0 Å². The monoisotopic (exact) mass is 302 g/mol. The van der Waals surface area contributed by atoms with Gasteiger partial charge in [-0.25, -0.2) is 9.67 Å². The fourth-order valence-electron chi connectivity index (χ4n) is 1.89. The third-order valence-electron chi connectivity index (χ3n) is 2.73. The van der Waals surface area contributed by atoms with Crippen molar-refractivity contribution in [3.05, 3.63) is 46.7 Å². The summed E-state index contributed by atoms with van der Waals surface area (Å²) in [5, 5.41) is 5.42. The summed E-state index contributed by atoms with van der Waals surface area (Å²) in [4.78, 5) is 4.44. The van der Waals surface area contributed by atoms with Crippen LogP contribution in [-0.2, 0) is 0 Å². The van der Waals surface area contributed by atoms with Gasteiger partial charge in [-0.1, -0.05) is 22.0 Å². The summed E-state index contributed by atoms with van der Waals surface area (Å²) in [5.74, 6) is 0.793. The van der Waals surface area contributed by atoms with Crippen LogP contribution in [0.2, 0.25) is 0 Å². The maximum absolute atomic E-state index is 5.97. The Kier molecular flexibility index (Phi) is 2.56. The Bertz CT molecular complexity index is 733. The van der Waals surface area contributed by atoms with Crippen LogP contribution in [-0.4, -0.2) is 14.8 Å². The second-order valence-corrected chi connectivity index (χ2v) is 5.05. The fraction of sp³-hybridized carbons (Fsp3) is 0.0769. The van der Waals surface area contributed by atoms with E-state index >= 15 is 0 Å². The minimum Gasteiger partial charge on any atom is -0.398 e. The molecule has 3 rings (SSSR count). The third kappa shape index (κ3) is 1.86. The molecule has 18 heavy (non-hydrogen) atoms. The van der Waals surface area contributed by atoms with Gasteiger partial charge in [-0.05, 0) is 31.2 Å². The summed E-state index contributed by atoms with van der Waals surface area (Å²) in [6.07, 6.45) is 1.90. The second-order valence-electron chi connectivity index (χ2n) is 4.14. The van der Waals surface area contributed by atoms with E-state index < -0.39 is 0 Å². The SMILES string of the molecule is Cc1cccc(-n2cc3c(N)cc(Br)cc3n2)n1. The third-order valence-corrected chi connectivity index (χ3v) is 3.19. The quantitative estimate of drug-likeness (QED) is 0.703. The lowest BCUT2D eigenvalue weighted by atomic mass is 10.2. The van der Waals surface area contributed by atoms with Crippen molar-refractivity contribution in [1.82, 2.24) is 14.8 Å². The molecule has 0 aliphatic carbocycles. The first kappa shape index (κ1) is 11.2. The van der Waals surface area contributed by atoms with Crippen LogP contribution in [0, 0.1) is 6.92 Å². The highest BCUT2D eigenvalue weighted by molar-refractivity contribution is 9.10. The number of pyridine rings is 1. The van der Waals surface area contributed by atoms with Crippen molar-refractivity contribution in [3.8, 4) is 5.82 Å². The molecule has 0 amide bonds. The van der Waals surface area contributed by atoms with E-state index in [0.29, 0.717) is 5.69 Å². The van der Waals surface area contributed by atoms with Crippen LogP contribution in [0.25, 0.3) is 16.7 Å². The molecule has 0 radical (unpaired) electrons. The summed E-state index contributed by atoms with van der Waals surface area (Å²) >= 11 is 3.42. The zero-order valence-electron chi connectivity index (χ0n) is 9.76. The number of aromatic nitrogens is 3. The number of hydrogen-bond donors (Lipinski definition) is 1. The van der Waals surface area contributed by atoms with Crippen LogP contribution >= 0.6 is 15.9 Å². The highest BCUT2D eigenvalue weighted by Gasteiger charge is 2.07. The Morgan fingerprint density at radius 3 is 2.89 bits per heavy atom. The van der Waals surface area contributed by atoms with Crippen molar-refractivity contribution in [1.29, 1.82) is 0 Å². The van der Waals surface area contributed by atoms with Gasteiger partial charge in [0.15, 0.2) is 5.82 Å². The van der Waals surface area contributed by atoms with Gasteiger partial charge in [-0.15, -0.1) is 0 Å². The Morgan fingerprint density at radius 1 is 1.28 bits per heavy atom. The Balaban J connectivity index is 2.22. The summed E-state index contributed by atoms with van der Waals surface area (Å²) in [6.45, 7) is 1.96. The predicted octanol–water partition coefficient (Wildman–Crippen LogP) is 3.07. The highest BCUT2D eigenvalue weighted by Crippen LogP contribution is 2.25. The lowest BCUT2D eigenvalue weighted by Crippen LogP contribution is -1.98. The van der Waals surface area contributed by atoms with Crippen LogP contribution in [0.1, 0.15) is 5.69 Å². The summed E-state index contributed by atoms with van der Waals surface area (Å²) in [5.41, 5.74) is 8.49. The lowest BCUT2D eigenvalue weighted by Gasteiger charge is -1.99. The molecule has 2 aromatic heterocycles. The summed E-state index contributed by atoms with van der Waals surface area (Å²) in [6, 6.07) is 9.65. The number of halogens is 1. The Hall–Kier alpha value is -1.88. The second kappa shape index (κ2) is 4.10. The smallest absolute Gasteiger partial charge is 0.153 e. The number of nitrogen functional groups attached to an aromatic ring is 1. The molecule has 90 valence electrons. The number of benzene rings is 1. The summed E-state index contributed by atoms with van der Waals surface area (Å²) < 4.78 is 2.68. The normalized spacial score (nSPS) is 11.0. The van der Waals surface area contributed by atoms with Crippen LogP contribution in [0.15, 0.2) is 41.0 Å². The highest BCUT2D eigenvalue weighted by atomic mass is 79.9. The standard InChI is InChI=1S/C13H11BrN4/c1-8-3-2-4-13(16-8)18-7-10-11(15)5-9(14)6-12(10)17-18/h2-7H,15H2,1H3. The molecule has 0 unspecified atom stereocenters. The van der Waals surface area contributed by atoms with Crippen molar-refractivity contribution in [2.45, 2.75) is 6.92 Å². The molecule has 3 aromatic rings. The molecule has 0 saturated heterocycles. The average Bonchev–Trinajstić information content (AvgIpc) is 2.73. The molecule has 1 aromatic carbocycles. The molecule has 2 N–H and O–H groups in total.